The van der Waals surface area contributed by atoms with Crippen molar-refractivity contribution in [2.45, 2.75) is 18.9 Å². The van der Waals surface area contributed by atoms with Crippen LogP contribution in [-0.4, -0.2) is 53.0 Å². The van der Waals surface area contributed by atoms with Crippen molar-refractivity contribution in [1.82, 2.24) is 14.7 Å². The molecule has 2 amide bonds. The Morgan fingerprint density at radius 1 is 1.12 bits per heavy atom. The number of urea groups is 1. The highest BCUT2D eigenvalue weighted by Crippen LogP contribution is 2.32. The quantitative estimate of drug-likeness (QED) is 0.483. The van der Waals surface area contributed by atoms with Crippen LogP contribution in [0, 0.1) is 0 Å². The Labute approximate surface area is 198 Å². The first-order valence-corrected chi connectivity index (χ1v) is 11.4. The summed E-state index contributed by atoms with van der Waals surface area (Å²) in [6.45, 7) is 3.43. The summed E-state index contributed by atoms with van der Waals surface area (Å²) in [6, 6.07) is 14.4. The summed E-state index contributed by atoms with van der Waals surface area (Å²) in [5.41, 5.74) is 9.06. The number of piperidine rings is 1. The van der Waals surface area contributed by atoms with Crippen molar-refractivity contribution in [1.29, 1.82) is 0 Å². The third-order valence-corrected chi connectivity index (χ3v) is 5.99. The lowest BCUT2D eigenvalue weighted by Crippen LogP contribution is -2.41. The van der Waals surface area contributed by atoms with Gasteiger partial charge in [-0.25, -0.2) is 4.79 Å². The highest BCUT2D eigenvalue weighted by molar-refractivity contribution is 6.30. The molecule has 1 saturated heterocycles. The lowest BCUT2D eigenvalue weighted by Gasteiger charge is -2.29. The van der Waals surface area contributed by atoms with Gasteiger partial charge in [0.1, 0.15) is 12.4 Å². The van der Waals surface area contributed by atoms with Gasteiger partial charge in [-0.15, -0.1) is 0 Å². The number of halogens is 1. The number of amides is 2. The van der Waals surface area contributed by atoms with Crippen LogP contribution in [0.4, 0.5) is 16.2 Å². The van der Waals surface area contributed by atoms with Crippen LogP contribution in [0.5, 0.6) is 5.75 Å². The van der Waals surface area contributed by atoms with Crippen molar-refractivity contribution in [2.75, 3.05) is 36.9 Å². The maximum atomic E-state index is 12.5. The van der Waals surface area contributed by atoms with Gasteiger partial charge >= 0.3 is 6.03 Å². The first-order valence-electron chi connectivity index (χ1n) is 11.0. The zero-order chi connectivity index (χ0) is 23.2. The Morgan fingerprint density at radius 3 is 2.52 bits per heavy atom. The van der Waals surface area contributed by atoms with E-state index in [9.17, 15) is 4.79 Å². The molecule has 1 aliphatic rings. The van der Waals surface area contributed by atoms with Gasteiger partial charge in [0.2, 0.25) is 0 Å². The molecular formula is C24H29ClN6O2. The van der Waals surface area contributed by atoms with Crippen LogP contribution in [0.1, 0.15) is 12.8 Å². The van der Waals surface area contributed by atoms with E-state index in [4.69, 9.17) is 22.1 Å². The first kappa shape index (κ1) is 23.1. The molecule has 9 heteroatoms. The normalized spacial score (nSPS) is 14.8. The molecule has 3 aromatic rings. The maximum Gasteiger partial charge on any atom is 0.323 e. The maximum absolute atomic E-state index is 12.5. The van der Waals surface area contributed by atoms with Crippen molar-refractivity contribution in [2.24, 2.45) is 12.8 Å². The number of carbonyl (C=O) groups excluding carboxylic acids is 1. The molecule has 33 heavy (non-hydrogen) atoms. The average molecular weight is 469 g/mol. The van der Waals surface area contributed by atoms with Crippen LogP contribution < -0.4 is 21.1 Å². The van der Waals surface area contributed by atoms with Gasteiger partial charge in [0.25, 0.3) is 0 Å². The standard InChI is InChI=1S/C24H29ClN6O2/c1-30-22(8-11-27-30)21-16-20(29-24(32)28-19-4-2-17(25)3-5-19)6-7-23(21)33-15-14-31-12-9-18(26)10-13-31/h2-8,11,16,18H,9-10,12-15,26H2,1H3,(H2,28,29,32). The molecule has 2 aromatic carbocycles. The highest BCUT2D eigenvalue weighted by atomic mass is 35.5. The second-order valence-electron chi connectivity index (χ2n) is 8.16. The van der Waals surface area contributed by atoms with E-state index in [0.717, 1.165) is 49.5 Å². The monoisotopic (exact) mass is 468 g/mol. The lowest BCUT2D eigenvalue weighted by atomic mass is 10.1. The van der Waals surface area contributed by atoms with Crippen molar-refractivity contribution in [3.8, 4) is 17.0 Å². The molecule has 0 atom stereocenters. The smallest absolute Gasteiger partial charge is 0.323 e. The minimum absolute atomic E-state index is 0.315. The predicted octanol–water partition coefficient (Wildman–Crippen LogP) is 4.19. The van der Waals surface area contributed by atoms with E-state index >= 15 is 0 Å². The summed E-state index contributed by atoms with van der Waals surface area (Å²) in [5.74, 6) is 0.746. The predicted molar refractivity (Wildman–Crippen MR) is 132 cm³/mol. The van der Waals surface area contributed by atoms with Gasteiger partial charge < -0.3 is 21.1 Å². The molecule has 0 spiro atoms. The molecular weight excluding hydrogens is 440 g/mol. The van der Waals surface area contributed by atoms with E-state index in [2.05, 4.69) is 20.6 Å². The number of nitrogens with one attached hydrogen (secondary N) is 2. The van der Waals surface area contributed by atoms with E-state index in [1.54, 1.807) is 35.1 Å². The number of hydrogen-bond donors (Lipinski definition) is 3. The van der Waals surface area contributed by atoms with Gasteiger partial charge in [0, 0.05) is 47.8 Å². The third kappa shape index (κ3) is 6.25. The molecule has 1 aliphatic heterocycles. The van der Waals surface area contributed by atoms with Crippen LogP contribution in [-0.2, 0) is 7.05 Å². The first-order chi connectivity index (χ1) is 16.0. The molecule has 0 unspecified atom stereocenters. The van der Waals surface area contributed by atoms with E-state index < -0.39 is 0 Å². The van der Waals surface area contributed by atoms with Crippen molar-refractivity contribution in [3.63, 3.8) is 0 Å². The molecule has 174 valence electrons. The van der Waals surface area contributed by atoms with Crippen LogP contribution >= 0.6 is 11.6 Å². The summed E-state index contributed by atoms with van der Waals surface area (Å²) in [5, 5.41) is 10.6. The molecule has 2 heterocycles. The number of nitrogens with two attached hydrogens (primary N) is 1. The molecule has 1 aromatic heterocycles. The fraction of sp³-hybridized carbons (Fsp3) is 0.333. The van der Waals surface area contributed by atoms with Crippen LogP contribution in [0.25, 0.3) is 11.3 Å². The number of benzene rings is 2. The summed E-state index contributed by atoms with van der Waals surface area (Å²) in [7, 11) is 1.88. The molecule has 4 rings (SSSR count). The number of hydrogen-bond acceptors (Lipinski definition) is 5. The molecule has 4 N–H and O–H groups in total. The van der Waals surface area contributed by atoms with Crippen molar-refractivity contribution < 1.29 is 9.53 Å². The number of carbonyl (C=O) groups is 1. The van der Waals surface area contributed by atoms with E-state index in [-0.39, 0.29) is 6.03 Å². The lowest BCUT2D eigenvalue weighted by molar-refractivity contribution is 0.174. The summed E-state index contributed by atoms with van der Waals surface area (Å²) >= 11 is 5.90. The van der Waals surface area contributed by atoms with Crippen LogP contribution in [0.2, 0.25) is 5.02 Å². The molecule has 0 aliphatic carbocycles. The SMILES string of the molecule is Cn1nccc1-c1cc(NC(=O)Nc2ccc(Cl)cc2)ccc1OCCN1CCC(N)CC1. The van der Waals surface area contributed by atoms with E-state index in [0.29, 0.717) is 29.0 Å². The minimum atomic E-state index is -0.342. The number of nitrogens with zero attached hydrogens (tertiary/aromatic N) is 3. The number of anilines is 2. The van der Waals surface area contributed by atoms with Gasteiger partial charge in [-0.05, 0) is 74.5 Å². The molecule has 0 saturated carbocycles. The van der Waals surface area contributed by atoms with Gasteiger partial charge in [-0.3, -0.25) is 9.58 Å². The average Bonchev–Trinajstić information content (AvgIpc) is 3.23. The van der Waals surface area contributed by atoms with Gasteiger partial charge in [0.05, 0.1) is 5.69 Å². The molecule has 0 radical (unpaired) electrons. The Morgan fingerprint density at radius 2 is 1.82 bits per heavy atom. The van der Waals surface area contributed by atoms with Gasteiger partial charge in [0.15, 0.2) is 0 Å². The Kier molecular flexibility index (Phi) is 7.49. The fourth-order valence-electron chi connectivity index (χ4n) is 3.86. The van der Waals surface area contributed by atoms with E-state index in [1.165, 1.54) is 0 Å². The third-order valence-electron chi connectivity index (χ3n) is 5.73. The minimum Gasteiger partial charge on any atom is -0.492 e. The van der Waals surface area contributed by atoms with Crippen molar-refractivity contribution >= 4 is 29.0 Å². The fourth-order valence-corrected chi connectivity index (χ4v) is 3.99. The number of likely N-dealkylation sites (tertiary alicyclic amines) is 1. The summed E-state index contributed by atoms with van der Waals surface area (Å²) < 4.78 is 7.94. The Hall–Kier alpha value is -3.07. The second kappa shape index (κ2) is 10.7. The summed E-state index contributed by atoms with van der Waals surface area (Å²) in [4.78, 5) is 14.8. The van der Waals surface area contributed by atoms with Crippen LogP contribution in [0.3, 0.4) is 0 Å². The Bertz CT molecular complexity index is 1080. The molecule has 1 fully saturated rings. The number of ether oxygens (including phenoxy) is 1. The zero-order valence-corrected chi connectivity index (χ0v) is 19.4. The zero-order valence-electron chi connectivity index (χ0n) is 18.6. The topological polar surface area (TPSA) is 97.4 Å². The highest BCUT2D eigenvalue weighted by Gasteiger charge is 2.17. The van der Waals surface area contributed by atoms with Crippen LogP contribution in [0.15, 0.2) is 54.7 Å². The number of aryl methyl sites for hydroxylation is 1. The molecule has 8 nitrogen and oxygen atoms in total. The summed E-state index contributed by atoms with van der Waals surface area (Å²) in [6.07, 6.45) is 3.79. The van der Waals surface area contributed by atoms with Crippen molar-refractivity contribution in [3.05, 3.63) is 59.8 Å². The Balaban J connectivity index is 1.44. The van der Waals surface area contributed by atoms with Gasteiger partial charge in [-0.1, -0.05) is 11.6 Å². The number of aromatic nitrogens is 2. The largest absolute Gasteiger partial charge is 0.492 e. The number of rotatable bonds is 7. The molecule has 0 bridgehead atoms. The van der Waals surface area contributed by atoms with Gasteiger partial charge in [-0.2, -0.15) is 5.10 Å². The second-order valence-corrected chi connectivity index (χ2v) is 8.60. The van der Waals surface area contributed by atoms with E-state index in [1.807, 2.05) is 31.3 Å².